The molecule has 0 aromatic carbocycles. The molecule has 0 aliphatic heterocycles. The lowest BCUT2D eigenvalue weighted by molar-refractivity contribution is 0.0521. The van der Waals surface area contributed by atoms with Crippen LogP contribution in [0.5, 0.6) is 0 Å². The van der Waals surface area contributed by atoms with E-state index < -0.39 is 32.7 Å². The average molecular weight is 340 g/mol. The summed E-state index contributed by atoms with van der Waals surface area (Å²) >= 11 is 5.74. The molecule has 0 aliphatic rings. The molecule has 0 bridgehead atoms. The number of sulfonamides is 1. The van der Waals surface area contributed by atoms with Gasteiger partial charge >= 0.3 is 12.1 Å². The van der Waals surface area contributed by atoms with E-state index in [1.54, 1.807) is 11.6 Å². The predicted octanol–water partition coefficient (Wildman–Crippen LogP) is 0.685. The first kappa shape index (κ1) is 17.2. The van der Waals surface area contributed by atoms with Crippen molar-refractivity contribution in [1.82, 2.24) is 14.5 Å². The molecule has 21 heavy (non-hydrogen) atoms. The van der Waals surface area contributed by atoms with Crippen molar-refractivity contribution in [3.63, 3.8) is 0 Å². The Hall–Kier alpha value is -1.81. The van der Waals surface area contributed by atoms with Crippen LogP contribution in [-0.2, 0) is 26.5 Å². The Labute approximate surface area is 126 Å². The third-order valence-electron chi connectivity index (χ3n) is 2.18. The van der Waals surface area contributed by atoms with Gasteiger partial charge in [-0.3, -0.25) is 4.68 Å². The minimum atomic E-state index is -4.39. The van der Waals surface area contributed by atoms with Gasteiger partial charge in [-0.2, -0.15) is 13.5 Å². The van der Waals surface area contributed by atoms with Crippen molar-refractivity contribution < 1.29 is 27.5 Å². The monoisotopic (exact) mass is 339 g/mol. The molecule has 0 aliphatic carbocycles. The van der Waals surface area contributed by atoms with Crippen LogP contribution in [0.1, 0.15) is 24.2 Å². The van der Waals surface area contributed by atoms with Gasteiger partial charge < -0.3 is 9.47 Å². The van der Waals surface area contributed by atoms with Crippen LogP contribution in [0, 0.1) is 0 Å². The number of ether oxygens (including phenoxy) is 2. The number of aryl methyl sites for hydroxylation is 1. The fourth-order valence-corrected chi connectivity index (χ4v) is 3.03. The third-order valence-corrected chi connectivity index (χ3v) is 3.86. The van der Waals surface area contributed by atoms with Crippen molar-refractivity contribution in [1.29, 1.82) is 0 Å². The molecule has 1 rings (SSSR count). The molecule has 0 atom stereocenters. The highest BCUT2D eigenvalue weighted by molar-refractivity contribution is 7.90. The molecule has 11 heteroatoms. The third kappa shape index (κ3) is 3.85. The number of hydrogen-bond acceptors (Lipinski definition) is 7. The van der Waals surface area contributed by atoms with Crippen LogP contribution in [0.15, 0.2) is 5.03 Å². The van der Waals surface area contributed by atoms with Crippen LogP contribution in [0.3, 0.4) is 0 Å². The Morgan fingerprint density at radius 2 is 1.86 bits per heavy atom. The number of rotatable bonds is 5. The van der Waals surface area contributed by atoms with E-state index in [4.69, 9.17) is 16.3 Å². The number of halogens is 1. The van der Waals surface area contributed by atoms with Crippen LogP contribution in [0.2, 0.25) is 5.15 Å². The van der Waals surface area contributed by atoms with E-state index in [-0.39, 0.29) is 18.4 Å². The zero-order valence-electron chi connectivity index (χ0n) is 11.5. The van der Waals surface area contributed by atoms with Gasteiger partial charge in [-0.15, -0.1) is 0 Å². The Kier molecular flexibility index (Phi) is 5.55. The molecule has 118 valence electrons. The van der Waals surface area contributed by atoms with Crippen LogP contribution in [-0.4, -0.2) is 43.5 Å². The summed E-state index contributed by atoms with van der Waals surface area (Å²) < 4.78 is 36.0. The van der Waals surface area contributed by atoms with E-state index in [0.717, 1.165) is 4.68 Å². The molecule has 1 aromatic heterocycles. The molecule has 0 radical (unpaired) electrons. The maximum atomic E-state index is 12.1. The maximum Gasteiger partial charge on any atom is 0.421 e. The lowest BCUT2D eigenvalue weighted by Crippen LogP contribution is -2.33. The van der Waals surface area contributed by atoms with Crippen LogP contribution < -0.4 is 4.72 Å². The molecule has 0 saturated carbocycles. The Morgan fingerprint density at radius 3 is 2.38 bits per heavy atom. The van der Waals surface area contributed by atoms with E-state index in [9.17, 15) is 18.0 Å². The highest BCUT2D eigenvalue weighted by Crippen LogP contribution is 2.24. The number of nitrogens with zero attached hydrogens (tertiary/aromatic N) is 2. The number of esters is 1. The van der Waals surface area contributed by atoms with Crippen molar-refractivity contribution in [2.24, 2.45) is 7.05 Å². The van der Waals surface area contributed by atoms with Crippen molar-refractivity contribution in [3.8, 4) is 0 Å². The van der Waals surface area contributed by atoms with Gasteiger partial charge in [-0.1, -0.05) is 11.6 Å². The standard InChI is InChI=1S/C10H14ClN3O6S/c1-4-19-9(15)6-7(11)12-14(3)8(6)21(17,18)13-10(16)20-5-2/h4-5H2,1-3H3,(H,13,16). The predicted molar refractivity (Wildman–Crippen MR) is 71.5 cm³/mol. The summed E-state index contributed by atoms with van der Waals surface area (Å²) in [6.45, 7) is 3.07. The van der Waals surface area contributed by atoms with Gasteiger partial charge in [0.1, 0.15) is 5.56 Å². The molecule has 0 unspecified atom stereocenters. The SMILES string of the molecule is CCOC(=O)NS(=O)(=O)c1c(C(=O)OCC)c(Cl)nn1C. The summed E-state index contributed by atoms with van der Waals surface area (Å²) in [6, 6.07) is 0. The normalized spacial score (nSPS) is 11.0. The lowest BCUT2D eigenvalue weighted by Gasteiger charge is -2.08. The molecule has 0 spiro atoms. The second-order valence-corrected chi connectivity index (χ2v) is 5.60. The summed E-state index contributed by atoms with van der Waals surface area (Å²) in [7, 11) is -3.14. The molecule has 0 saturated heterocycles. The van der Waals surface area contributed by atoms with Gasteiger partial charge in [0.15, 0.2) is 10.2 Å². The fourth-order valence-electron chi connectivity index (χ4n) is 1.48. The summed E-state index contributed by atoms with van der Waals surface area (Å²) in [6.07, 6.45) is -1.18. The number of carbonyl (C=O) groups is 2. The Morgan fingerprint density at radius 1 is 1.29 bits per heavy atom. The van der Waals surface area contributed by atoms with Crippen molar-refractivity contribution >= 4 is 33.7 Å². The molecular formula is C10H14ClN3O6S. The minimum Gasteiger partial charge on any atom is -0.462 e. The fraction of sp³-hybridized carbons (Fsp3) is 0.500. The Balaban J connectivity index is 3.29. The number of aromatic nitrogens is 2. The van der Waals surface area contributed by atoms with Crippen LogP contribution >= 0.6 is 11.6 Å². The first-order valence-electron chi connectivity index (χ1n) is 5.83. The quantitative estimate of drug-likeness (QED) is 0.784. The summed E-state index contributed by atoms with van der Waals surface area (Å²) in [4.78, 5) is 23.1. The summed E-state index contributed by atoms with van der Waals surface area (Å²) in [5.74, 6) is -0.958. The molecule has 1 aromatic rings. The summed E-state index contributed by atoms with van der Waals surface area (Å²) in [5, 5.41) is 2.71. The van der Waals surface area contributed by atoms with Gasteiger partial charge in [0.2, 0.25) is 0 Å². The van der Waals surface area contributed by atoms with Gasteiger partial charge in [-0.25, -0.2) is 14.3 Å². The largest absolute Gasteiger partial charge is 0.462 e. The van der Waals surface area contributed by atoms with Crippen molar-refractivity contribution in [2.45, 2.75) is 18.9 Å². The molecule has 9 nitrogen and oxygen atoms in total. The number of hydrogen-bond donors (Lipinski definition) is 1. The van der Waals surface area contributed by atoms with E-state index in [1.807, 2.05) is 0 Å². The van der Waals surface area contributed by atoms with Crippen molar-refractivity contribution in [3.05, 3.63) is 10.7 Å². The topological polar surface area (TPSA) is 117 Å². The molecular weight excluding hydrogens is 326 g/mol. The van der Waals surface area contributed by atoms with Crippen LogP contribution in [0.25, 0.3) is 0 Å². The Bertz CT molecular complexity index is 654. The number of amides is 1. The van der Waals surface area contributed by atoms with Gasteiger partial charge in [0.25, 0.3) is 10.0 Å². The highest BCUT2D eigenvalue weighted by Gasteiger charge is 2.33. The van der Waals surface area contributed by atoms with Crippen molar-refractivity contribution in [2.75, 3.05) is 13.2 Å². The average Bonchev–Trinajstić information content (AvgIpc) is 2.64. The second kappa shape index (κ2) is 6.76. The van der Waals surface area contributed by atoms with Gasteiger partial charge in [0, 0.05) is 7.05 Å². The molecule has 0 fully saturated rings. The number of nitrogens with one attached hydrogen (secondary N) is 1. The summed E-state index contributed by atoms with van der Waals surface area (Å²) in [5.41, 5.74) is -0.446. The van der Waals surface area contributed by atoms with E-state index in [0.29, 0.717) is 0 Å². The number of carbonyl (C=O) groups excluding carboxylic acids is 2. The van der Waals surface area contributed by atoms with Gasteiger partial charge in [0.05, 0.1) is 13.2 Å². The molecule has 1 N–H and O–H groups in total. The maximum absolute atomic E-state index is 12.1. The first-order chi connectivity index (χ1) is 9.74. The van der Waals surface area contributed by atoms with E-state index >= 15 is 0 Å². The van der Waals surface area contributed by atoms with Crippen LogP contribution in [0.4, 0.5) is 4.79 Å². The zero-order valence-corrected chi connectivity index (χ0v) is 13.1. The smallest absolute Gasteiger partial charge is 0.421 e. The van der Waals surface area contributed by atoms with E-state index in [1.165, 1.54) is 14.0 Å². The molecule has 1 amide bonds. The minimum absolute atomic E-state index is 0.0156. The highest BCUT2D eigenvalue weighted by atomic mass is 35.5. The van der Waals surface area contributed by atoms with Gasteiger partial charge in [-0.05, 0) is 13.8 Å². The molecule has 1 heterocycles. The zero-order chi connectivity index (χ0) is 16.2. The lowest BCUT2D eigenvalue weighted by atomic mass is 10.4. The van der Waals surface area contributed by atoms with E-state index in [2.05, 4.69) is 9.84 Å². The first-order valence-corrected chi connectivity index (χ1v) is 7.69. The second-order valence-electron chi connectivity index (χ2n) is 3.64.